The van der Waals surface area contributed by atoms with Crippen molar-refractivity contribution in [3.05, 3.63) is 42.1 Å². The smallest absolute Gasteiger partial charge is 0.167 e. The molecule has 4 heteroatoms. The van der Waals surface area contributed by atoms with E-state index < -0.39 is 0 Å². The lowest BCUT2D eigenvalue weighted by molar-refractivity contribution is 0.219. The molecule has 2 aromatic rings. The predicted octanol–water partition coefficient (Wildman–Crippen LogP) is 2.16. The van der Waals surface area contributed by atoms with Crippen LogP contribution < -0.4 is 0 Å². The van der Waals surface area contributed by atoms with Crippen LogP contribution in [0.2, 0.25) is 0 Å². The normalized spacial score (nSPS) is 19.9. The van der Waals surface area contributed by atoms with Gasteiger partial charge < -0.3 is 9.63 Å². The standard InChI is InChI=1S/C15H18N2O2/c18-11-12-6-7-17(9-12)10-14-8-15(19-16-14)13-4-2-1-3-5-13/h1-5,8,12,18H,6-7,9-11H2. The molecule has 0 amide bonds. The molecule has 0 bridgehead atoms. The van der Waals surface area contributed by atoms with E-state index in [0.29, 0.717) is 5.92 Å². The van der Waals surface area contributed by atoms with E-state index >= 15 is 0 Å². The summed E-state index contributed by atoms with van der Waals surface area (Å²) in [6.45, 7) is 3.06. The molecule has 1 aliphatic rings. The molecule has 3 rings (SSSR count). The molecule has 1 unspecified atom stereocenters. The molecule has 19 heavy (non-hydrogen) atoms. The second-order valence-electron chi connectivity index (χ2n) is 5.12. The molecule has 0 aliphatic carbocycles. The number of hydrogen-bond donors (Lipinski definition) is 1. The summed E-state index contributed by atoms with van der Waals surface area (Å²) in [5.74, 6) is 1.23. The zero-order chi connectivity index (χ0) is 13.1. The average molecular weight is 258 g/mol. The molecule has 0 spiro atoms. The quantitative estimate of drug-likeness (QED) is 0.913. The van der Waals surface area contributed by atoms with Crippen LogP contribution in [0.3, 0.4) is 0 Å². The van der Waals surface area contributed by atoms with E-state index in [2.05, 4.69) is 10.1 Å². The average Bonchev–Trinajstić information content (AvgIpc) is 3.09. The number of hydrogen-bond acceptors (Lipinski definition) is 4. The van der Waals surface area contributed by atoms with Crippen LogP contribution in [0.25, 0.3) is 11.3 Å². The Bertz CT molecular complexity index is 524. The maximum Gasteiger partial charge on any atom is 0.167 e. The topological polar surface area (TPSA) is 49.5 Å². The van der Waals surface area contributed by atoms with Gasteiger partial charge in [-0.15, -0.1) is 0 Å². The van der Waals surface area contributed by atoms with Gasteiger partial charge in [0.1, 0.15) is 0 Å². The van der Waals surface area contributed by atoms with Crippen molar-refractivity contribution >= 4 is 0 Å². The highest BCUT2D eigenvalue weighted by atomic mass is 16.5. The molecule has 1 fully saturated rings. The first-order valence-corrected chi connectivity index (χ1v) is 6.69. The molecule has 1 aromatic heterocycles. The van der Waals surface area contributed by atoms with Gasteiger partial charge in [-0.05, 0) is 18.9 Å². The number of benzene rings is 1. The molecular weight excluding hydrogens is 240 g/mol. The van der Waals surface area contributed by atoms with Crippen LogP contribution in [0.5, 0.6) is 0 Å². The van der Waals surface area contributed by atoms with E-state index in [1.54, 1.807) is 0 Å². The largest absolute Gasteiger partial charge is 0.396 e. The lowest BCUT2D eigenvalue weighted by Gasteiger charge is -2.12. The van der Waals surface area contributed by atoms with E-state index in [1.165, 1.54) is 0 Å². The number of rotatable bonds is 4. The summed E-state index contributed by atoms with van der Waals surface area (Å²) in [7, 11) is 0. The molecule has 1 atom stereocenters. The predicted molar refractivity (Wildman–Crippen MR) is 72.4 cm³/mol. The van der Waals surface area contributed by atoms with Crippen LogP contribution in [-0.2, 0) is 6.54 Å². The monoisotopic (exact) mass is 258 g/mol. The van der Waals surface area contributed by atoms with Crippen LogP contribution in [0.15, 0.2) is 40.9 Å². The summed E-state index contributed by atoms with van der Waals surface area (Å²) >= 11 is 0. The van der Waals surface area contributed by atoms with Crippen molar-refractivity contribution < 1.29 is 9.63 Å². The second kappa shape index (κ2) is 5.55. The summed E-state index contributed by atoms with van der Waals surface area (Å²) in [6.07, 6.45) is 1.07. The van der Waals surface area contributed by atoms with Gasteiger partial charge in [0.2, 0.25) is 0 Å². The minimum Gasteiger partial charge on any atom is -0.396 e. The van der Waals surface area contributed by atoms with Gasteiger partial charge in [0, 0.05) is 31.3 Å². The Morgan fingerprint density at radius 2 is 2.16 bits per heavy atom. The summed E-state index contributed by atoms with van der Waals surface area (Å²) in [4.78, 5) is 2.31. The van der Waals surface area contributed by atoms with Crippen molar-refractivity contribution in [2.75, 3.05) is 19.7 Å². The molecule has 1 aromatic carbocycles. The third kappa shape index (κ3) is 2.85. The van der Waals surface area contributed by atoms with Crippen molar-refractivity contribution in [3.63, 3.8) is 0 Å². The fourth-order valence-electron chi connectivity index (χ4n) is 2.56. The number of aromatic nitrogens is 1. The summed E-state index contributed by atoms with van der Waals surface area (Å²) in [6, 6.07) is 12.0. The van der Waals surface area contributed by atoms with Gasteiger partial charge in [-0.3, -0.25) is 4.90 Å². The van der Waals surface area contributed by atoms with Crippen molar-refractivity contribution in [1.82, 2.24) is 10.1 Å². The van der Waals surface area contributed by atoms with Crippen LogP contribution in [-0.4, -0.2) is 34.9 Å². The molecule has 2 heterocycles. The van der Waals surface area contributed by atoms with Gasteiger partial charge in [0.25, 0.3) is 0 Å². The van der Waals surface area contributed by atoms with E-state index in [-0.39, 0.29) is 6.61 Å². The summed E-state index contributed by atoms with van der Waals surface area (Å²) in [5, 5.41) is 13.3. The van der Waals surface area contributed by atoms with Gasteiger partial charge in [-0.2, -0.15) is 0 Å². The van der Waals surface area contributed by atoms with E-state index in [0.717, 1.165) is 43.1 Å². The highest BCUT2D eigenvalue weighted by molar-refractivity contribution is 5.56. The molecular formula is C15H18N2O2. The molecule has 100 valence electrons. The highest BCUT2D eigenvalue weighted by Crippen LogP contribution is 2.22. The zero-order valence-electron chi connectivity index (χ0n) is 10.8. The van der Waals surface area contributed by atoms with Crippen LogP contribution in [0, 0.1) is 5.92 Å². The Balaban J connectivity index is 1.66. The molecule has 1 saturated heterocycles. The van der Waals surface area contributed by atoms with Gasteiger partial charge in [0.05, 0.1) is 5.69 Å². The molecule has 1 aliphatic heterocycles. The van der Waals surface area contributed by atoms with Crippen molar-refractivity contribution in [2.24, 2.45) is 5.92 Å². The molecule has 0 radical (unpaired) electrons. The second-order valence-corrected chi connectivity index (χ2v) is 5.12. The van der Waals surface area contributed by atoms with Crippen LogP contribution >= 0.6 is 0 Å². The first-order chi connectivity index (χ1) is 9.35. The summed E-state index contributed by atoms with van der Waals surface area (Å²) in [5.41, 5.74) is 2.01. The van der Waals surface area contributed by atoms with Crippen LogP contribution in [0.4, 0.5) is 0 Å². The van der Waals surface area contributed by atoms with Crippen LogP contribution in [0.1, 0.15) is 12.1 Å². The van der Waals surface area contributed by atoms with Crippen molar-refractivity contribution in [3.8, 4) is 11.3 Å². The Morgan fingerprint density at radius 3 is 2.89 bits per heavy atom. The third-order valence-corrected chi connectivity index (χ3v) is 3.63. The van der Waals surface area contributed by atoms with E-state index in [1.807, 2.05) is 36.4 Å². The molecule has 0 saturated carbocycles. The number of aliphatic hydroxyl groups excluding tert-OH is 1. The maximum absolute atomic E-state index is 9.14. The van der Waals surface area contributed by atoms with Crippen molar-refractivity contribution in [1.29, 1.82) is 0 Å². The Hall–Kier alpha value is -1.65. The first kappa shape index (κ1) is 12.4. The van der Waals surface area contributed by atoms with Gasteiger partial charge in [-0.1, -0.05) is 35.5 Å². The molecule has 4 nitrogen and oxygen atoms in total. The minimum atomic E-state index is 0.282. The number of likely N-dealkylation sites (tertiary alicyclic amines) is 1. The fourth-order valence-corrected chi connectivity index (χ4v) is 2.56. The fraction of sp³-hybridized carbons (Fsp3) is 0.400. The van der Waals surface area contributed by atoms with Gasteiger partial charge in [0.15, 0.2) is 5.76 Å². The lowest BCUT2D eigenvalue weighted by atomic mass is 10.1. The lowest BCUT2D eigenvalue weighted by Crippen LogP contribution is -2.21. The number of nitrogens with zero attached hydrogens (tertiary/aromatic N) is 2. The Morgan fingerprint density at radius 1 is 1.32 bits per heavy atom. The number of aliphatic hydroxyl groups is 1. The Labute approximate surface area is 112 Å². The molecule has 1 N–H and O–H groups in total. The van der Waals surface area contributed by atoms with Gasteiger partial charge >= 0.3 is 0 Å². The van der Waals surface area contributed by atoms with E-state index in [4.69, 9.17) is 9.63 Å². The summed E-state index contributed by atoms with van der Waals surface area (Å²) < 4.78 is 5.39. The highest BCUT2D eigenvalue weighted by Gasteiger charge is 2.22. The maximum atomic E-state index is 9.14. The van der Waals surface area contributed by atoms with Gasteiger partial charge in [-0.25, -0.2) is 0 Å². The van der Waals surface area contributed by atoms with Crippen molar-refractivity contribution in [2.45, 2.75) is 13.0 Å². The minimum absolute atomic E-state index is 0.282. The third-order valence-electron chi connectivity index (χ3n) is 3.63. The zero-order valence-corrected chi connectivity index (χ0v) is 10.8. The van der Waals surface area contributed by atoms with E-state index in [9.17, 15) is 0 Å². The Kier molecular flexibility index (Phi) is 3.62. The SMILES string of the molecule is OCC1CCN(Cc2cc(-c3ccccc3)on2)C1. The first-order valence-electron chi connectivity index (χ1n) is 6.69.